The number of ketones is 1. The second-order valence-electron chi connectivity index (χ2n) is 15.7. The van der Waals surface area contributed by atoms with Crippen molar-refractivity contribution in [2.24, 2.45) is 11.8 Å². The van der Waals surface area contributed by atoms with E-state index < -0.39 is 53.0 Å². The number of Topliss-reactive ketones (excluding diaryl/α,β-unsaturated/α-hetero) is 1. The van der Waals surface area contributed by atoms with Crippen LogP contribution in [0.3, 0.4) is 0 Å². The van der Waals surface area contributed by atoms with Gasteiger partial charge in [0.2, 0.25) is 11.5 Å². The topological polar surface area (TPSA) is 123 Å². The molecule has 11 rings (SSSR count). The van der Waals surface area contributed by atoms with Gasteiger partial charge < -0.3 is 28.9 Å². The van der Waals surface area contributed by atoms with Gasteiger partial charge in [0.1, 0.15) is 22.9 Å². The summed E-state index contributed by atoms with van der Waals surface area (Å²) in [5, 5.41) is 0.429. The van der Waals surface area contributed by atoms with Gasteiger partial charge in [-0.1, -0.05) is 121 Å². The summed E-state index contributed by atoms with van der Waals surface area (Å²) in [6.45, 7) is 0.313. The van der Waals surface area contributed by atoms with E-state index in [0.717, 1.165) is 11.1 Å². The molecule has 2 spiro atoms. The van der Waals surface area contributed by atoms with E-state index in [1.807, 2.05) is 91.0 Å². The molecule has 1 saturated heterocycles. The van der Waals surface area contributed by atoms with Crippen molar-refractivity contribution in [3.63, 3.8) is 0 Å². The van der Waals surface area contributed by atoms with E-state index in [4.69, 9.17) is 25.8 Å². The number of anilines is 2. The normalized spacial score (nSPS) is 25.5. The molecule has 2 bridgehead atoms. The van der Waals surface area contributed by atoms with Crippen molar-refractivity contribution in [3.05, 3.63) is 190 Å². The minimum absolute atomic E-state index is 0.119. The Kier molecular flexibility index (Phi) is 9.08. The number of halogens is 1. The van der Waals surface area contributed by atoms with Crippen molar-refractivity contribution in [1.82, 2.24) is 4.90 Å². The van der Waals surface area contributed by atoms with Crippen molar-refractivity contribution in [1.29, 1.82) is 0 Å². The van der Waals surface area contributed by atoms with E-state index in [-0.39, 0.29) is 36.1 Å². The molecule has 0 saturated carbocycles. The Bertz CT molecular complexity index is 2720. The fourth-order valence-corrected chi connectivity index (χ4v) is 10.5. The van der Waals surface area contributed by atoms with Gasteiger partial charge in [0.25, 0.3) is 5.91 Å². The summed E-state index contributed by atoms with van der Waals surface area (Å²) in [4.78, 5) is 80.9. The largest absolute Gasteiger partial charge is 0.465 e. The molecule has 11 nitrogen and oxygen atoms in total. The maximum Gasteiger partial charge on any atom is 0.355 e. The third kappa shape index (κ3) is 5.36. The molecule has 1 fully saturated rings. The van der Waals surface area contributed by atoms with Crippen LogP contribution in [0.5, 0.6) is 0 Å². The number of hydrogen-bond acceptors (Lipinski definition) is 9. The van der Waals surface area contributed by atoms with Gasteiger partial charge in [0.05, 0.1) is 45.0 Å². The van der Waals surface area contributed by atoms with Crippen LogP contribution in [0.15, 0.2) is 157 Å². The Morgan fingerprint density at radius 2 is 1.20 bits per heavy atom. The summed E-state index contributed by atoms with van der Waals surface area (Å²) in [6, 6.07) is 38.6. The number of carbonyl (C=O) groups excluding carboxylic acids is 5. The molecule has 6 atom stereocenters. The molecule has 5 aromatic rings. The number of hydrogen-bond donors (Lipinski definition) is 0. The van der Waals surface area contributed by atoms with Gasteiger partial charge in [-0.05, 0) is 53.1 Å². The molecule has 1 aliphatic carbocycles. The number of rotatable bonds is 8. The lowest BCUT2D eigenvalue weighted by Gasteiger charge is -2.62. The zero-order chi connectivity index (χ0) is 42.2. The summed E-state index contributed by atoms with van der Waals surface area (Å²) < 4.78 is 18.2. The van der Waals surface area contributed by atoms with Crippen LogP contribution in [-0.2, 0) is 57.5 Å². The first-order valence-corrected chi connectivity index (χ1v) is 20.3. The van der Waals surface area contributed by atoms with Crippen molar-refractivity contribution >= 4 is 52.5 Å². The number of fused-ring (bicyclic) bond motifs is 3. The third-order valence-electron chi connectivity index (χ3n) is 12.8. The van der Waals surface area contributed by atoms with E-state index in [9.17, 15) is 9.59 Å². The van der Waals surface area contributed by atoms with Gasteiger partial charge in [-0.3, -0.25) is 14.4 Å². The summed E-state index contributed by atoms with van der Waals surface area (Å²) in [7, 11) is 2.35. The predicted molar refractivity (Wildman–Crippen MR) is 225 cm³/mol. The quantitative estimate of drug-likeness (QED) is 0.0935. The zero-order valence-electron chi connectivity index (χ0n) is 33.1. The fraction of sp³-hybridized carbons (Fsp3) is 0.204. The molecule has 61 heavy (non-hydrogen) atoms. The first-order chi connectivity index (χ1) is 29.7. The zero-order valence-corrected chi connectivity index (χ0v) is 33.8. The Hall–Kier alpha value is -6.82. The van der Waals surface area contributed by atoms with Crippen LogP contribution in [0.1, 0.15) is 32.6 Å². The number of piperidine rings is 1. The van der Waals surface area contributed by atoms with E-state index in [1.165, 1.54) is 19.1 Å². The Morgan fingerprint density at radius 1 is 0.656 bits per heavy atom. The van der Waals surface area contributed by atoms with E-state index in [1.54, 1.807) is 64.4 Å². The molecule has 304 valence electrons. The molecule has 5 heterocycles. The van der Waals surface area contributed by atoms with Crippen molar-refractivity contribution in [2.75, 3.05) is 24.0 Å². The van der Waals surface area contributed by atoms with E-state index in [0.29, 0.717) is 33.1 Å². The molecule has 0 unspecified atom stereocenters. The van der Waals surface area contributed by atoms with Crippen LogP contribution < -0.4 is 9.80 Å². The van der Waals surface area contributed by atoms with Crippen LogP contribution in [0.25, 0.3) is 0 Å². The number of amides is 2. The maximum atomic E-state index is 15.9. The van der Waals surface area contributed by atoms with Crippen LogP contribution in [0.4, 0.5) is 11.4 Å². The Morgan fingerprint density at radius 3 is 1.80 bits per heavy atom. The molecular formula is C49H38ClN3O8. The number of nitrogens with zero attached hydrogens (tertiary/aromatic N) is 3. The molecule has 12 heteroatoms. The smallest absolute Gasteiger partial charge is 0.355 e. The number of ether oxygens (including phenoxy) is 3. The Balaban J connectivity index is 1.24. The molecule has 0 aromatic heterocycles. The summed E-state index contributed by atoms with van der Waals surface area (Å²) >= 11 is 6.33. The van der Waals surface area contributed by atoms with Gasteiger partial charge in [0, 0.05) is 27.8 Å². The van der Waals surface area contributed by atoms with Crippen molar-refractivity contribution in [2.45, 2.75) is 36.4 Å². The van der Waals surface area contributed by atoms with E-state index >= 15 is 14.4 Å². The SMILES string of the molecule is COC(=O)C1=C(C(=O)OC)[C@@]2(O[C@H]3[C@@H]4C=C[C@H](N13)[C@]1(C(=O)N(Cc3ccccc3)c3ccccc31)[C@H]4C(=O)c1ccc(Cl)cc1)C(=O)N(Cc1ccccc1)c1ccccc12. The minimum atomic E-state index is -2.23. The van der Waals surface area contributed by atoms with Gasteiger partial charge in [-0.25, -0.2) is 9.59 Å². The summed E-state index contributed by atoms with van der Waals surface area (Å²) in [5.74, 6) is -5.41. The second-order valence-corrected chi connectivity index (χ2v) is 16.2. The number of esters is 2. The molecule has 0 radical (unpaired) electrons. The van der Waals surface area contributed by atoms with Crippen LogP contribution in [0, 0.1) is 11.8 Å². The number of para-hydroxylation sites is 2. The van der Waals surface area contributed by atoms with Crippen LogP contribution >= 0.6 is 11.6 Å². The third-order valence-corrected chi connectivity index (χ3v) is 13.1. The molecule has 6 aliphatic rings. The fourth-order valence-electron chi connectivity index (χ4n) is 10.4. The monoisotopic (exact) mass is 831 g/mol. The van der Waals surface area contributed by atoms with Gasteiger partial charge in [-0.2, -0.15) is 0 Å². The van der Waals surface area contributed by atoms with Gasteiger partial charge >= 0.3 is 11.9 Å². The lowest BCUT2D eigenvalue weighted by Crippen LogP contribution is -2.75. The highest BCUT2D eigenvalue weighted by atomic mass is 35.5. The molecule has 5 aliphatic heterocycles. The molecule has 2 amide bonds. The average Bonchev–Trinajstić information content (AvgIpc) is 3.66. The highest BCUT2D eigenvalue weighted by Gasteiger charge is 2.74. The molecular weight excluding hydrogens is 794 g/mol. The van der Waals surface area contributed by atoms with Crippen molar-refractivity contribution in [3.8, 4) is 0 Å². The lowest BCUT2D eigenvalue weighted by atomic mass is 9.53. The maximum absolute atomic E-state index is 15.9. The molecule has 0 N–H and O–H groups in total. The summed E-state index contributed by atoms with van der Waals surface area (Å²) in [5.41, 5.74) is -0.645. The summed E-state index contributed by atoms with van der Waals surface area (Å²) in [6.07, 6.45) is 2.39. The highest BCUT2D eigenvalue weighted by molar-refractivity contribution is 6.30. The minimum Gasteiger partial charge on any atom is -0.465 e. The lowest BCUT2D eigenvalue weighted by molar-refractivity contribution is -0.216. The number of carbonyl (C=O) groups is 5. The predicted octanol–water partition coefficient (Wildman–Crippen LogP) is 6.89. The second kappa shape index (κ2) is 14.4. The Labute approximate surface area is 356 Å². The highest BCUT2D eigenvalue weighted by Crippen LogP contribution is 2.64. The van der Waals surface area contributed by atoms with E-state index in [2.05, 4.69) is 0 Å². The van der Waals surface area contributed by atoms with Gasteiger partial charge in [-0.15, -0.1) is 0 Å². The number of benzene rings is 5. The first kappa shape index (κ1) is 38.4. The number of methoxy groups -OCH3 is 2. The standard InChI is InChI=1S/C49H38ClN3O8/c1-59-44(55)40-41(45(56)60-2)53-38-26-25-33(43(53)61-49(40)35-18-10-12-20-37(35)52(47(49)58)28-30-15-7-4-8-16-30)39(42(54)31-21-23-32(50)24-22-31)48(38)34-17-9-11-19-36(34)51(46(48)57)27-29-13-5-3-6-14-29/h3-26,33,38-39,43H,27-28H2,1-2H3/t33-,38+,39-,43+,48+,49-/m1/s1. The molecule has 5 aromatic carbocycles. The first-order valence-electron chi connectivity index (χ1n) is 19.9. The van der Waals surface area contributed by atoms with Gasteiger partial charge in [0.15, 0.2) is 5.78 Å². The van der Waals surface area contributed by atoms with Crippen LogP contribution in [0.2, 0.25) is 5.02 Å². The van der Waals surface area contributed by atoms with Crippen LogP contribution in [-0.4, -0.2) is 60.9 Å². The van der Waals surface area contributed by atoms with Crippen molar-refractivity contribution < 1.29 is 38.2 Å². The average molecular weight is 832 g/mol.